The quantitative estimate of drug-likeness (QED) is 0.732. The molecule has 19 heavy (non-hydrogen) atoms. The molecular formula is C15H31NO2S. The molecule has 114 valence electrons. The molecule has 2 unspecified atom stereocenters. The average molecular weight is 289 g/mol. The Morgan fingerprint density at radius 1 is 1.21 bits per heavy atom. The van der Waals surface area contributed by atoms with Crippen LogP contribution in [0.3, 0.4) is 0 Å². The van der Waals surface area contributed by atoms with E-state index in [0.717, 1.165) is 45.1 Å². The zero-order chi connectivity index (χ0) is 14.5. The van der Waals surface area contributed by atoms with Gasteiger partial charge in [0.25, 0.3) is 0 Å². The second-order valence-electron chi connectivity index (χ2n) is 6.53. The fourth-order valence-corrected chi connectivity index (χ4v) is 5.62. The molecule has 0 radical (unpaired) electrons. The lowest BCUT2D eigenvalue weighted by atomic mass is 9.73. The second kappa shape index (κ2) is 7.07. The van der Waals surface area contributed by atoms with E-state index in [-0.39, 0.29) is 16.7 Å². The average Bonchev–Trinajstić information content (AvgIpc) is 2.31. The van der Waals surface area contributed by atoms with Gasteiger partial charge in [-0.05, 0) is 31.2 Å². The van der Waals surface area contributed by atoms with Crippen molar-refractivity contribution in [2.75, 3.05) is 12.3 Å². The summed E-state index contributed by atoms with van der Waals surface area (Å²) in [4.78, 5) is 0. The maximum atomic E-state index is 12.6. The minimum Gasteiger partial charge on any atom is -0.312 e. The number of hydrogen-bond donors (Lipinski definition) is 1. The lowest BCUT2D eigenvalue weighted by molar-refractivity contribution is 0.172. The highest BCUT2D eigenvalue weighted by Gasteiger charge is 2.44. The summed E-state index contributed by atoms with van der Waals surface area (Å²) in [5.41, 5.74) is 0.0801. The highest BCUT2D eigenvalue weighted by atomic mass is 32.2. The van der Waals surface area contributed by atoms with Crippen molar-refractivity contribution in [3.63, 3.8) is 0 Å². The summed E-state index contributed by atoms with van der Waals surface area (Å²) in [7, 11) is -2.96. The van der Waals surface area contributed by atoms with Gasteiger partial charge in [-0.25, -0.2) is 8.42 Å². The van der Waals surface area contributed by atoms with Crippen molar-refractivity contribution in [3.8, 4) is 0 Å². The molecule has 1 fully saturated rings. The van der Waals surface area contributed by atoms with Crippen molar-refractivity contribution >= 4 is 9.84 Å². The molecule has 1 aliphatic rings. The summed E-state index contributed by atoms with van der Waals surface area (Å²) in [6, 6.07) is 0.109. The topological polar surface area (TPSA) is 46.2 Å². The van der Waals surface area contributed by atoms with Crippen molar-refractivity contribution in [3.05, 3.63) is 0 Å². The molecule has 3 nitrogen and oxygen atoms in total. The fourth-order valence-electron chi connectivity index (χ4n) is 3.30. The predicted octanol–water partition coefficient (Wildman–Crippen LogP) is 3.15. The van der Waals surface area contributed by atoms with Gasteiger partial charge in [-0.3, -0.25) is 0 Å². The van der Waals surface area contributed by atoms with Crippen molar-refractivity contribution in [1.29, 1.82) is 0 Å². The summed E-state index contributed by atoms with van der Waals surface area (Å²) in [6.45, 7) is 9.42. The van der Waals surface area contributed by atoms with Crippen LogP contribution in [0.5, 0.6) is 0 Å². The lowest BCUT2D eigenvalue weighted by Gasteiger charge is -2.44. The molecule has 0 aliphatic heterocycles. The molecule has 0 aromatic carbocycles. The lowest BCUT2D eigenvalue weighted by Crippen LogP contribution is -2.55. The van der Waals surface area contributed by atoms with Crippen molar-refractivity contribution in [2.24, 2.45) is 5.41 Å². The fraction of sp³-hybridized carbons (Fsp3) is 1.00. The Kier molecular flexibility index (Phi) is 6.31. The summed E-state index contributed by atoms with van der Waals surface area (Å²) in [5.74, 6) is 0.365. The molecule has 0 aromatic rings. The van der Waals surface area contributed by atoms with Crippen LogP contribution in [-0.2, 0) is 9.84 Å². The monoisotopic (exact) mass is 289 g/mol. The molecule has 1 aliphatic carbocycles. The van der Waals surface area contributed by atoms with Crippen LogP contribution < -0.4 is 5.32 Å². The highest BCUT2D eigenvalue weighted by molar-refractivity contribution is 7.92. The molecule has 0 heterocycles. The Hall–Kier alpha value is -0.0900. The summed E-state index contributed by atoms with van der Waals surface area (Å²) >= 11 is 0. The molecular weight excluding hydrogens is 258 g/mol. The van der Waals surface area contributed by atoms with Crippen LogP contribution in [0.4, 0.5) is 0 Å². The third-order valence-electron chi connectivity index (χ3n) is 4.44. The minimum absolute atomic E-state index is 0.0801. The zero-order valence-electron chi connectivity index (χ0n) is 13.0. The molecule has 1 saturated carbocycles. The van der Waals surface area contributed by atoms with E-state index < -0.39 is 9.84 Å². The zero-order valence-corrected chi connectivity index (χ0v) is 13.9. The van der Waals surface area contributed by atoms with Gasteiger partial charge in [0.15, 0.2) is 9.84 Å². The Morgan fingerprint density at radius 2 is 1.89 bits per heavy atom. The van der Waals surface area contributed by atoms with Crippen molar-refractivity contribution in [2.45, 2.75) is 77.5 Å². The third-order valence-corrected chi connectivity index (χ3v) is 6.73. The van der Waals surface area contributed by atoms with Crippen LogP contribution in [-0.4, -0.2) is 32.0 Å². The number of sulfone groups is 1. The first-order valence-electron chi connectivity index (χ1n) is 7.80. The van der Waals surface area contributed by atoms with Gasteiger partial charge in [-0.15, -0.1) is 0 Å². The standard InChI is InChI=1S/C15H31NO2S/c1-5-7-8-12-19(17,18)13-10-9-11-15(3,4)14(13)16-6-2/h13-14,16H,5-12H2,1-4H3. The Balaban J connectivity index is 2.82. The number of unbranched alkanes of at least 4 members (excludes halogenated alkanes) is 2. The van der Waals surface area contributed by atoms with Crippen LogP contribution in [0.1, 0.15) is 66.2 Å². The van der Waals surface area contributed by atoms with Gasteiger partial charge in [-0.2, -0.15) is 0 Å². The van der Waals surface area contributed by atoms with Crippen LogP contribution in [0.2, 0.25) is 0 Å². The maximum absolute atomic E-state index is 12.6. The Morgan fingerprint density at radius 3 is 2.47 bits per heavy atom. The molecule has 1 rings (SSSR count). The second-order valence-corrected chi connectivity index (χ2v) is 8.87. The highest BCUT2D eigenvalue weighted by Crippen LogP contribution is 2.38. The molecule has 1 N–H and O–H groups in total. The van der Waals surface area contributed by atoms with Gasteiger partial charge in [-0.1, -0.05) is 47.0 Å². The normalized spacial score (nSPS) is 27.4. The van der Waals surface area contributed by atoms with E-state index in [4.69, 9.17) is 0 Å². The van der Waals surface area contributed by atoms with Gasteiger partial charge in [0.05, 0.1) is 11.0 Å². The van der Waals surface area contributed by atoms with Gasteiger partial charge in [0.2, 0.25) is 0 Å². The van der Waals surface area contributed by atoms with Crippen LogP contribution >= 0.6 is 0 Å². The minimum atomic E-state index is -2.96. The Bertz CT molecular complexity index is 362. The summed E-state index contributed by atoms with van der Waals surface area (Å²) in [5, 5.41) is 3.26. The van der Waals surface area contributed by atoms with Gasteiger partial charge < -0.3 is 5.32 Å². The largest absolute Gasteiger partial charge is 0.312 e. The SMILES string of the molecule is CCCCCS(=O)(=O)C1CCCC(C)(C)C1NCC. The first-order chi connectivity index (χ1) is 8.85. The van der Waals surface area contributed by atoms with E-state index in [9.17, 15) is 8.42 Å². The molecule has 4 heteroatoms. The number of rotatable bonds is 7. The molecule has 0 saturated heterocycles. The van der Waals surface area contributed by atoms with E-state index in [1.54, 1.807) is 0 Å². The molecule has 0 bridgehead atoms. The summed E-state index contributed by atoms with van der Waals surface area (Å²) < 4.78 is 25.2. The predicted molar refractivity (Wildman–Crippen MR) is 82.2 cm³/mol. The van der Waals surface area contributed by atoms with Crippen LogP contribution in [0.15, 0.2) is 0 Å². The summed E-state index contributed by atoms with van der Waals surface area (Å²) in [6.07, 6.45) is 5.88. The number of nitrogens with one attached hydrogen (secondary N) is 1. The molecule has 0 spiro atoms. The first-order valence-corrected chi connectivity index (χ1v) is 9.51. The van der Waals surface area contributed by atoms with E-state index >= 15 is 0 Å². The van der Waals surface area contributed by atoms with E-state index in [0.29, 0.717) is 5.75 Å². The van der Waals surface area contributed by atoms with Crippen LogP contribution in [0, 0.1) is 5.41 Å². The molecule has 0 aromatic heterocycles. The van der Waals surface area contributed by atoms with E-state index in [1.807, 2.05) is 0 Å². The smallest absolute Gasteiger partial charge is 0.154 e. The van der Waals surface area contributed by atoms with E-state index in [2.05, 4.69) is 33.0 Å². The van der Waals surface area contributed by atoms with Crippen LogP contribution in [0.25, 0.3) is 0 Å². The third kappa shape index (κ3) is 4.45. The van der Waals surface area contributed by atoms with Gasteiger partial charge >= 0.3 is 0 Å². The number of hydrogen-bond acceptors (Lipinski definition) is 3. The first kappa shape index (κ1) is 17.0. The van der Waals surface area contributed by atoms with E-state index in [1.165, 1.54) is 0 Å². The van der Waals surface area contributed by atoms with Crippen molar-refractivity contribution < 1.29 is 8.42 Å². The molecule has 0 amide bonds. The maximum Gasteiger partial charge on any atom is 0.154 e. The van der Waals surface area contributed by atoms with Gasteiger partial charge in [0.1, 0.15) is 0 Å². The molecule has 2 atom stereocenters. The van der Waals surface area contributed by atoms with Gasteiger partial charge in [0, 0.05) is 6.04 Å². The Labute approximate surface area is 119 Å². The van der Waals surface area contributed by atoms with Crippen molar-refractivity contribution in [1.82, 2.24) is 5.32 Å².